The standard InChI is InChI=1S/C22H24N2O4/c1-27-21(26)18-12-15-14-5-3-4-6-16(14)23-20(15)17-8-10-22(28-2)9-7-13(25)11-19(22)24(17)18/h3-7,9,17-19,23H,8,10-12H2,1-2H3/t17-,18+,19+,22-/m0/s1. The minimum absolute atomic E-state index is 0.0350. The molecule has 2 aromatic rings. The first kappa shape index (κ1) is 17.6. The fourth-order valence-electron chi connectivity index (χ4n) is 5.51. The van der Waals surface area contributed by atoms with Gasteiger partial charge in [0.05, 0.1) is 19.2 Å². The molecule has 1 aromatic carbocycles. The lowest BCUT2D eigenvalue weighted by Crippen LogP contribution is -2.65. The molecule has 2 aliphatic heterocycles. The van der Waals surface area contributed by atoms with E-state index >= 15 is 0 Å². The van der Waals surface area contributed by atoms with E-state index in [-0.39, 0.29) is 23.8 Å². The van der Waals surface area contributed by atoms with Crippen LogP contribution in [0, 0.1) is 0 Å². The van der Waals surface area contributed by atoms with Crippen LogP contribution in [0.3, 0.4) is 0 Å². The molecule has 6 heteroatoms. The number of H-pyrrole nitrogens is 1. The predicted molar refractivity (Wildman–Crippen MR) is 104 cm³/mol. The van der Waals surface area contributed by atoms with Gasteiger partial charge >= 0.3 is 5.97 Å². The number of nitrogens with one attached hydrogen (secondary N) is 1. The van der Waals surface area contributed by atoms with Crippen molar-refractivity contribution in [2.75, 3.05) is 14.2 Å². The minimum Gasteiger partial charge on any atom is -0.468 e. The van der Waals surface area contributed by atoms with E-state index in [1.165, 1.54) is 12.7 Å². The van der Waals surface area contributed by atoms with E-state index in [0.717, 1.165) is 29.4 Å². The summed E-state index contributed by atoms with van der Waals surface area (Å²) in [5.74, 6) is -0.181. The van der Waals surface area contributed by atoms with Crippen molar-refractivity contribution < 1.29 is 19.1 Å². The lowest BCUT2D eigenvalue weighted by Gasteiger charge is -2.55. The number of fused-ring (bicyclic) bond motifs is 7. The van der Waals surface area contributed by atoms with Crippen molar-refractivity contribution in [1.82, 2.24) is 9.88 Å². The van der Waals surface area contributed by atoms with Gasteiger partial charge in [0.2, 0.25) is 0 Å². The molecule has 1 aromatic heterocycles. The van der Waals surface area contributed by atoms with E-state index in [1.54, 1.807) is 13.2 Å². The van der Waals surface area contributed by atoms with Crippen molar-refractivity contribution >= 4 is 22.7 Å². The monoisotopic (exact) mass is 380 g/mol. The van der Waals surface area contributed by atoms with E-state index < -0.39 is 11.6 Å². The fourth-order valence-corrected chi connectivity index (χ4v) is 5.51. The number of carbonyl (C=O) groups is 2. The number of benzene rings is 1. The molecule has 4 atom stereocenters. The van der Waals surface area contributed by atoms with Crippen LogP contribution >= 0.6 is 0 Å². The largest absolute Gasteiger partial charge is 0.468 e. The summed E-state index contributed by atoms with van der Waals surface area (Å²) in [6.07, 6.45) is 6.10. The lowest BCUT2D eigenvalue weighted by atomic mass is 9.72. The maximum atomic E-state index is 12.8. The molecule has 0 bridgehead atoms. The number of rotatable bonds is 2. The molecule has 146 valence electrons. The smallest absolute Gasteiger partial charge is 0.323 e. The maximum Gasteiger partial charge on any atom is 0.323 e. The van der Waals surface area contributed by atoms with E-state index in [4.69, 9.17) is 9.47 Å². The van der Waals surface area contributed by atoms with Gasteiger partial charge in [-0.05, 0) is 36.6 Å². The zero-order valence-electron chi connectivity index (χ0n) is 16.1. The van der Waals surface area contributed by atoms with E-state index in [0.29, 0.717) is 12.8 Å². The number of hydrogen-bond donors (Lipinski definition) is 1. The molecule has 0 unspecified atom stereocenters. The molecular weight excluding hydrogens is 356 g/mol. The first-order chi connectivity index (χ1) is 13.6. The van der Waals surface area contributed by atoms with Gasteiger partial charge in [-0.25, -0.2) is 0 Å². The van der Waals surface area contributed by atoms with Gasteiger partial charge in [0.15, 0.2) is 5.78 Å². The van der Waals surface area contributed by atoms with Crippen LogP contribution in [0.2, 0.25) is 0 Å². The molecule has 28 heavy (non-hydrogen) atoms. The third kappa shape index (κ3) is 2.34. The molecule has 0 saturated carbocycles. The zero-order valence-corrected chi connectivity index (χ0v) is 16.1. The van der Waals surface area contributed by atoms with Gasteiger partial charge in [0, 0.05) is 36.5 Å². The van der Waals surface area contributed by atoms with Gasteiger partial charge in [0.25, 0.3) is 0 Å². The molecule has 3 heterocycles. The third-order valence-corrected chi connectivity index (χ3v) is 6.83. The number of esters is 1. The topological polar surface area (TPSA) is 71.6 Å². The van der Waals surface area contributed by atoms with Crippen molar-refractivity contribution in [2.45, 2.75) is 49.4 Å². The quantitative estimate of drug-likeness (QED) is 0.811. The van der Waals surface area contributed by atoms with Crippen molar-refractivity contribution in [1.29, 1.82) is 0 Å². The molecule has 1 fully saturated rings. The van der Waals surface area contributed by atoms with E-state index in [1.807, 2.05) is 18.2 Å². The number of ketones is 1. The summed E-state index contributed by atoms with van der Waals surface area (Å²) in [7, 11) is 3.13. The van der Waals surface area contributed by atoms with Crippen LogP contribution in [-0.2, 0) is 25.5 Å². The summed E-state index contributed by atoms with van der Waals surface area (Å²) in [6.45, 7) is 0. The predicted octanol–water partition coefficient (Wildman–Crippen LogP) is 2.69. The minimum atomic E-state index is -0.541. The van der Waals surface area contributed by atoms with Crippen LogP contribution in [0.5, 0.6) is 0 Å². The normalized spacial score (nSPS) is 31.9. The second kappa shape index (κ2) is 6.29. The average Bonchev–Trinajstić information content (AvgIpc) is 3.11. The summed E-state index contributed by atoms with van der Waals surface area (Å²) in [5.41, 5.74) is 2.89. The van der Waals surface area contributed by atoms with Gasteiger partial charge in [-0.2, -0.15) is 0 Å². The molecule has 0 spiro atoms. The van der Waals surface area contributed by atoms with Crippen molar-refractivity contribution in [2.24, 2.45) is 0 Å². The van der Waals surface area contributed by atoms with Crippen molar-refractivity contribution in [3.63, 3.8) is 0 Å². The first-order valence-electron chi connectivity index (χ1n) is 9.80. The molecule has 1 saturated heterocycles. The number of carbonyl (C=O) groups excluding carboxylic acids is 2. The molecule has 1 N–H and O–H groups in total. The molecule has 6 nitrogen and oxygen atoms in total. The Kier molecular flexibility index (Phi) is 3.96. The lowest BCUT2D eigenvalue weighted by molar-refractivity contribution is -0.164. The van der Waals surface area contributed by atoms with Crippen molar-refractivity contribution in [3.8, 4) is 0 Å². The van der Waals surface area contributed by atoms with Gasteiger partial charge in [-0.1, -0.05) is 18.2 Å². The number of para-hydroxylation sites is 1. The van der Waals surface area contributed by atoms with Crippen LogP contribution in [0.25, 0.3) is 10.9 Å². The second-order valence-corrected chi connectivity index (χ2v) is 7.99. The molecular formula is C22H24N2O4. The Hall–Kier alpha value is -2.44. The highest BCUT2D eigenvalue weighted by Gasteiger charge is 2.55. The van der Waals surface area contributed by atoms with Gasteiger partial charge < -0.3 is 14.5 Å². The molecule has 1 aliphatic carbocycles. The van der Waals surface area contributed by atoms with Gasteiger partial charge in [-0.15, -0.1) is 0 Å². The maximum absolute atomic E-state index is 12.8. The Balaban J connectivity index is 1.68. The Labute approximate surface area is 163 Å². The number of piperidine rings is 1. The van der Waals surface area contributed by atoms with Crippen LogP contribution in [-0.4, -0.2) is 53.5 Å². The number of ether oxygens (including phenoxy) is 2. The molecule has 0 amide bonds. The van der Waals surface area contributed by atoms with Gasteiger partial charge in [-0.3, -0.25) is 14.5 Å². The number of hydrogen-bond acceptors (Lipinski definition) is 5. The number of aromatic amines is 1. The van der Waals surface area contributed by atoms with Crippen LogP contribution in [0.4, 0.5) is 0 Å². The fraction of sp³-hybridized carbons (Fsp3) is 0.455. The second-order valence-electron chi connectivity index (χ2n) is 7.99. The number of methoxy groups -OCH3 is 2. The third-order valence-electron chi connectivity index (χ3n) is 6.83. The first-order valence-corrected chi connectivity index (χ1v) is 9.80. The molecule has 5 rings (SSSR count). The van der Waals surface area contributed by atoms with Crippen molar-refractivity contribution in [3.05, 3.63) is 47.7 Å². The SMILES string of the molecule is COC(=O)[C@H]1Cc2c([nH]c3ccccc23)[C@@H]2CC[C@@]3(OC)C=CC(=O)C[C@H]3N12. The highest BCUT2D eigenvalue weighted by molar-refractivity contribution is 5.92. The molecule has 3 aliphatic rings. The summed E-state index contributed by atoms with van der Waals surface area (Å²) < 4.78 is 11.1. The van der Waals surface area contributed by atoms with Crippen LogP contribution < -0.4 is 0 Å². The molecule has 0 radical (unpaired) electrons. The summed E-state index contributed by atoms with van der Waals surface area (Å²) in [6, 6.07) is 7.63. The summed E-state index contributed by atoms with van der Waals surface area (Å²) in [5, 5.41) is 1.16. The number of allylic oxidation sites excluding steroid dienone is 1. The summed E-state index contributed by atoms with van der Waals surface area (Å²) >= 11 is 0. The Bertz CT molecular complexity index is 994. The Morgan fingerprint density at radius 1 is 1.25 bits per heavy atom. The van der Waals surface area contributed by atoms with Gasteiger partial charge in [0.1, 0.15) is 11.6 Å². The highest BCUT2D eigenvalue weighted by Crippen LogP contribution is 2.50. The number of aromatic nitrogens is 1. The average molecular weight is 380 g/mol. The number of nitrogens with zero attached hydrogens (tertiary/aromatic N) is 1. The Morgan fingerprint density at radius 2 is 2.07 bits per heavy atom. The zero-order chi connectivity index (χ0) is 19.5. The highest BCUT2D eigenvalue weighted by atomic mass is 16.5. The van der Waals surface area contributed by atoms with Crippen LogP contribution in [0.1, 0.15) is 36.6 Å². The van der Waals surface area contributed by atoms with Crippen LogP contribution in [0.15, 0.2) is 36.4 Å². The summed E-state index contributed by atoms with van der Waals surface area (Å²) in [4.78, 5) is 30.9. The van der Waals surface area contributed by atoms with E-state index in [9.17, 15) is 9.59 Å². The Morgan fingerprint density at radius 3 is 2.86 bits per heavy atom. The van der Waals surface area contributed by atoms with E-state index in [2.05, 4.69) is 22.0 Å².